The molecule has 0 aliphatic rings. The topological polar surface area (TPSA) is 51.5 Å². The zero-order valence-electron chi connectivity index (χ0n) is 10.8. The Hall–Kier alpha value is -1.81. The van der Waals surface area contributed by atoms with Gasteiger partial charge in [-0.25, -0.2) is 0 Å². The van der Waals surface area contributed by atoms with Gasteiger partial charge in [-0.15, -0.1) is 0 Å². The first-order chi connectivity index (χ1) is 8.63. The minimum Gasteiger partial charge on any atom is -0.451 e. The van der Waals surface area contributed by atoms with Crippen LogP contribution in [0.2, 0.25) is 0 Å². The smallest absolute Gasteiger partial charge is 0.287 e. The number of aryl methyl sites for hydroxylation is 1. The maximum Gasteiger partial charge on any atom is 0.287 e. The molecule has 0 radical (unpaired) electrons. The number of carbonyl (C=O) groups is 1. The third-order valence-electron chi connectivity index (χ3n) is 2.84. The van der Waals surface area contributed by atoms with E-state index in [4.69, 9.17) is 9.15 Å². The van der Waals surface area contributed by atoms with Crippen molar-refractivity contribution in [2.24, 2.45) is 0 Å². The molecule has 0 aliphatic heterocycles. The van der Waals surface area contributed by atoms with E-state index in [1.165, 1.54) is 0 Å². The summed E-state index contributed by atoms with van der Waals surface area (Å²) in [6.45, 7) is 4.26. The number of nitrogens with one attached hydrogen (secondary N) is 1. The number of para-hydroxylation sites is 1. The fourth-order valence-electron chi connectivity index (χ4n) is 1.97. The number of hydrogen-bond acceptors (Lipinski definition) is 3. The van der Waals surface area contributed by atoms with Gasteiger partial charge in [-0.05, 0) is 19.9 Å². The van der Waals surface area contributed by atoms with Crippen molar-refractivity contribution >= 4 is 16.9 Å². The highest BCUT2D eigenvalue weighted by molar-refractivity contribution is 5.98. The van der Waals surface area contributed by atoms with Gasteiger partial charge in [0.15, 0.2) is 5.76 Å². The number of fused-ring (bicyclic) bond motifs is 1. The fourth-order valence-corrected chi connectivity index (χ4v) is 1.97. The van der Waals surface area contributed by atoms with Crippen LogP contribution in [-0.2, 0) is 4.74 Å². The molecule has 4 nitrogen and oxygen atoms in total. The van der Waals surface area contributed by atoms with Crippen molar-refractivity contribution in [2.75, 3.05) is 13.7 Å². The Morgan fingerprint density at radius 1 is 1.44 bits per heavy atom. The maximum atomic E-state index is 12.1. The molecule has 0 bridgehead atoms. The van der Waals surface area contributed by atoms with Gasteiger partial charge in [0.1, 0.15) is 5.58 Å². The van der Waals surface area contributed by atoms with Gasteiger partial charge >= 0.3 is 0 Å². The number of hydrogen-bond donors (Lipinski definition) is 1. The number of ether oxygens (including phenoxy) is 1. The predicted octanol–water partition coefficient (Wildman–Crippen LogP) is 2.51. The number of rotatable bonds is 4. The summed E-state index contributed by atoms with van der Waals surface area (Å²) in [7, 11) is 1.61. The normalized spacial score (nSPS) is 12.6. The molecule has 0 fully saturated rings. The van der Waals surface area contributed by atoms with E-state index < -0.39 is 0 Å². The second kappa shape index (κ2) is 5.23. The van der Waals surface area contributed by atoms with Crippen molar-refractivity contribution < 1.29 is 13.9 Å². The Morgan fingerprint density at radius 2 is 2.17 bits per heavy atom. The number of furan rings is 1. The molecule has 0 saturated carbocycles. The van der Waals surface area contributed by atoms with E-state index in [0.717, 1.165) is 16.5 Å². The minimum atomic E-state index is -0.201. The second-order valence-corrected chi connectivity index (χ2v) is 4.38. The monoisotopic (exact) mass is 247 g/mol. The van der Waals surface area contributed by atoms with Gasteiger partial charge < -0.3 is 14.5 Å². The molecule has 0 aliphatic carbocycles. The van der Waals surface area contributed by atoms with Gasteiger partial charge in [0.25, 0.3) is 5.91 Å². The van der Waals surface area contributed by atoms with Crippen molar-refractivity contribution in [2.45, 2.75) is 19.9 Å². The highest BCUT2D eigenvalue weighted by Gasteiger charge is 2.18. The molecule has 96 valence electrons. The zero-order valence-corrected chi connectivity index (χ0v) is 10.8. The van der Waals surface area contributed by atoms with E-state index in [1.54, 1.807) is 7.11 Å². The molecule has 1 unspecified atom stereocenters. The Kier molecular flexibility index (Phi) is 3.67. The third-order valence-corrected chi connectivity index (χ3v) is 2.84. The van der Waals surface area contributed by atoms with Crippen LogP contribution < -0.4 is 5.32 Å². The van der Waals surface area contributed by atoms with Gasteiger partial charge in [-0.2, -0.15) is 0 Å². The summed E-state index contributed by atoms with van der Waals surface area (Å²) in [6.07, 6.45) is 0. The summed E-state index contributed by atoms with van der Waals surface area (Å²) in [5.74, 6) is 0.174. The van der Waals surface area contributed by atoms with E-state index in [0.29, 0.717) is 12.4 Å². The summed E-state index contributed by atoms with van der Waals surface area (Å²) in [5, 5.41) is 3.82. The first-order valence-corrected chi connectivity index (χ1v) is 5.91. The molecular formula is C14H17NO3. The van der Waals surface area contributed by atoms with E-state index in [-0.39, 0.29) is 11.9 Å². The van der Waals surface area contributed by atoms with Crippen LogP contribution in [0.25, 0.3) is 11.0 Å². The highest BCUT2D eigenvalue weighted by Crippen LogP contribution is 2.24. The van der Waals surface area contributed by atoms with Crippen molar-refractivity contribution in [3.8, 4) is 0 Å². The largest absolute Gasteiger partial charge is 0.451 e. The molecule has 2 rings (SSSR count). The molecule has 1 atom stereocenters. The van der Waals surface area contributed by atoms with Crippen LogP contribution in [0.4, 0.5) is 0 Å². The van der Waals surface area contributed by atoms with Crippen molar-refractivity contribution in [1.29, 1.82) is 0 Å². The van der Waals surface area contributed by atoms with Gasteiger partial charge in [0, 0.05) is 24.1 Å². The summed E-state index contributed by atoms with van der Waals surface area (Å²) in [5.41, 5.74) is 1.60. The average molecular weight is 247 g/mol. The van der Waals surface area contributed by atoms with E-state index in [9.17, 15) is 4.79 Å². The van der Waals surface area contributed by atoms with Crippen LogP contribution in [0.5, 0.6) is 0 Å². The highest BCUT2D eigenvalue weighted by atomic mass is 16.5. The van der Waals surface area contributed by atoms with Crippen LogP contribution >= 0.6 is 0 Å². The molecule has 1 aromatic carbocycles. The van der Waals surface area contributed by atoms with Gasteiger partial charge in [-0.3, -0.25) is 4.79 Å². The quantitative estimate of drug-likeness (QED) is 0.903. The summed E-state index contributed by atoms with van der Waals surface area (Å²) in [4.78, 5) is 12.1. The maximum absolute atomic E-state index is 12.1. The van der Waals surface area contributed by atoms with Gasteiger partial charge in [0.2, 0.25) is 0 Å². The molecule has 1 heterocycles. The molecule has 1 amide bonds. The molecule has 2 aromatic rings. The molecular weight excluding hydrogens is 230 g/mol. The average Bonchev–Trinajstić information content (AvgIpc) is 2.68. The minimum absolute atomic E-state index is 0.0462. The summed E-state index contributed by atoms with van der Waals surface area (Å²) < 4.78 is 10.6. The first-order valence-electron chi connectivity index (χ1n) is 5.91. The van der Waals surface area contributed by atoms with Gasteiger partial charge in [-0.1, -0.05) is 18.2 Å². The number of carbonyl (C=O) groups excluding carboxylic acids is 1. The standard InChI is InChI=1S/C14H17NO3/c1-9(8-17-3)15-14(16)13-10(2)11-6-4-5-7-12(11)18-13/h4-7,9H,8H2,1-3H3,(H,15,16). The van der Waals surface area contributed by atoms with E-state index in [1.807, 2.05) is 38.1 Å². The van der Waals surface area contributed by atoms with Crippen LogP contribution in [0.3, 0.4) is 0 Å². The number of benzene rings is 1. The van der Waals surface area contributed by atoms with E-state index in [2.05, 4.69) is 5.32 Å². The lowest BCUT2D eigenvalue weighted by Gasteiger charge is -2.11. The number of methoxy groups -OCH3 is 1. The van der Waals surface area contributed by atoms with Crippen molar-refractivity contribution in [3.05, 3.63) is 35.6 Å². The SMILES string of the molecule is COCC(C)NC(=O)c1oc2ccccc2c1C. The Labute approximate surface area is 106 Å². The molecule has 0 saturated heterocycles. The van der Waals surface area contributed by atoms with Crippen LogP contribution in [0.1, 0.15) is 23.0 Å². The third kappa shape index (κ3) is 2.38. The summed E-state index contributed by atoms with van der Waals surface area (Å²) >= 11 is 0. The molecule has 1 aromatic heterocycles. The Balaban J connectivity index is 2.25. The van der Waals surface area contributed by atoms with Gasteiger partial charge in [0.05, 0.1) is 6.61 Å². The zero-order chi connectivity index (χ0) is 13.1. The van der Waals surface area contributed by atoms with Crippen LogP contribution in [0, 0.1) is 6.92 Å². The summed E-state index contributed by atoms with van der Waals surface area (Å²) in [6, 6.07) is 7.58. The van der Waals surface area contributed by atoms with Crippen molar-refractivity contribution in [1.82, 2.24) is 5.32 Å². The van der Waals surface area contributed by atoms with Crippen molar-refractivity contribution in [3.63, 3.8) is 0 Å². The second-order valence-electron chi connectivity index (χ2n) is 4.38. The fraction of sp³-hybridized carbons (Fsp3) is 0.357. The molecule has 0 spiro atoms. The predicted molar refractivity (Wildman–Crippen MR) is 69.8 cm³/mol. The first kappa shape index (κ1) is 12.6. The lowest BCUT2D eigenvalue weighted by Crippen LogP contribution is -2.35. The Bertz CT molecular complexity index is 559. The molecule has 1 N–H and O–H groups in total. The Morgan fingerprint density at radius 3 is 2.83 bits per heavy atom. The molecule has 18 heavy (non-hydrogen) atoms. The lowest BCUT2D eigenvalue weighted by molar-refractivity contribution is 0.0879. The lowest BCUT2D eigenvalue weighted by atomic mass is 10.1. The van der Waals surface area contributed by atoms with Crippen LogP contribution in [0.15, 0.2) is 28.7 Å². The number of amides is 1. The van der Waals surface area contributed by atoms with Crippen LogP contribution in [-0.4, -0.2) is 25.7 Å². The van der Waals surface area contributed by atoms with E-state index >= 15 is 0 Å². The molecule has 4 heteroatoms.